The van der Waals surface area contributed by atoms with Gasteiger partial charge in [-0.15, -0.1) is 0 Å². The molecule has 1 aromatic heterocycles. The van der Waals surface area contributed by atoms with Crippen molar-refractivity contribution in [3.05, 3.63) is 22.5 Å². The second-order valence-corrected chi connectivity index (χ2v) is 2.09. The number of nitrogens with one attached hydrogen (secondary N) is 1. The van der Waals surface area contributed by atoms with Gasteiger partial charge in [0.2, 0.25) is 18.2 Å². The molecule has 1 rings (SSSR count). The van der Waals surface area contributed by atoms with Crippen molar-refractivity contribution < 1.29 is 14.3 Å². The number of aromatic nitrogens is 2. The highest BCUT2D eigenvalue weighted by atomic mass is 19.1. The largest absolute Gasteiger partial charge is 0.376 e. The van der Waals surface area contributed by atoms with Crippen LogP contribution in [-0.2, 0) is 11.5 Å². The fraction of sp³-hybridized carbons (Fsp3) is 0.167. The summed E-state index contributed by atoms with van der Waals surface area (Å²) in [7, 11) is 0. The molecule has 0 fully saturated rings. The molecule has 1 heterocycles. The second-order valence-electron chi connectivity index (χ2n) is 2.09. The van der Waals surface area contributed by atoms with Gasteiger partial charge in [0.05, 0.1) is 6.20 Å². The van der Waals surface area contributed by atoms with Crippen LogP contribution in [0.3, 0.4) is 0 Å². The zero-order valence-electron chi connectivity index (χ0n) is 6.40. The maximum Gasteiger partial charge on any atom is 0.295 e. The standard InChI is InChI=1S/C6H6FN3O3/c7-4-1-10(3-12)6(13)5(9-4)8-2-11/h1-2,12H,3H2,(H,8,9,11). The number of carbonyl (C=O) groups excluding carboxylic acids is 1. The van der Waals surface area contributed by atoms with Gasteiger partial charge < -0.3 is 10.4 Å². The average Bonchev–Trinajstić information content (AvgIpc) is 2.11. The van der Waals surface area contributed by atoms with Crippen LogP contribution in [0, 0.1) is 5.95 Å². The van der Waals surface area contributed by atoms with Crippen LogP contribution < -0.4 is 10.9 Å². The molecule has 0 aliphatic heterocycles. The van der Waals surface area contributed by atoms with Crippen LogP contribution in [0.4, 0.5) is 10.2 Å². The molecule has 6 nitrogen and oxygen atoms in total. The molecule has 2 N–H and O–H groups in total. The molecular weight excluding hydrogens is 181 g/mol. The van der Waals surface area contributed by atoms with E-state index in [-0.39, 0.29) is 6.41 Å². The number of aliphatic hydroxyl groups is 1. The monoisotopic (exact) mass is 187 g/mol. The Hall–Kier alpha value is -1.76. The van der Waals surface area contributed by atoms with Gasteiger partial charge in [-0.2, -0.15) is 9.37 Å². The lowest BCUT2D eigenvalue weighted by Gasteiger charge is -2.02. The van der Waals surface area contributed by atoms with E-state index >= 15 is 0 Å². The number of hydrogen-bond donors (Lipinski definition) is 2. The summed E-state index contributed by atoms with van der Waals surface area (Å²) in [6.45, 7) is -0.675. The van der Waals surface area contributed by atoms with Crippen LogP contribution in [0.15, 0.2) is 11.0 Å². The molecule has 0 aliphatic rings. The van der Waals surface area contributed by atoms with Gasteiger partial charge in [-0.05, 0) is 0 Å². The van der Waals surface area contributed by atoms with Crippen molar-refractivity contribution in [2.45, 2.75) is 6.73 Å². The average molecular weight is 187 g/mol. The molecule has 0 saturated heterocycles. The Bertz CT molecular complexity index is 376. The van der Waals surface area contributed by atoms with Crippen LogP contribution in [-0.4, -0.2) is 21.1 Å². The Kier molecular flexibility index (Phi) is 2.70. The van der Waals surface area contributed by atoms with Crippen LogP contribution in [0.2, 0.25) is 0 Å². The van der Waals surface area contributed by atoms with E-state index in [4.69, 9.17) is 5.11 Å². The van der Waals surface area contributed by atoms with Crippen molar-refractivity contribution in [3.8, 4) is 0 Å². The number of nitrogens with zero attached hydrogens (tertiary/aromatic N) is 2. The lowest BCUT2D eigenvalue weighted by molar-refractivity contribution is -0.105. The highest BCUT2D eigenvalue weighted by molar-refractivity contribution is 5.67. The summed E-state index contributed by atoms with van der Waals surface area (Å²) in [5, 5.41) is 10.5. The van der Waals surface area contributed by atoms with E-state index in [0.29, 0.717) is 4.57 Å². The molecule has 0 atom stereocenters. The summed E-state index contributed by atoms with van der Waals surface area (Å²) >= 11 is 0. The van der Waals surface area contributed by atoms with Crippen LogP contribution in [0.5, 0.6) is 0 Å². The SMILES string of the molecule is O=CNc1nc(F)cn(CO)c1=O. The van der Waals surface area contributed by atoms with Gasteiger partial charge in [0.1, 0.15) is 6.73 Å². The summed E-state index contributed by atoms with van der Waals surface area (Å²) in [5.74, 6) is -1.41. The van der Waals surface area contributed by atoms with E-state index < -0.39 is 24.1 Å². The molecule has 70 valence electrons. The van der Waals surface area contributed by atoms with Crippen molar-refractivity contribution in [3.63, 3.8) is 0 Å². The molecule has 0 spiro atoms. The number of rotatable bonds is 3. The number of halogens is 1. The molecule has 1 amide bonds. The third-order valence-electron chi connectivity index (χ3n) is 1.29. The smallest absolute Gasteiger partial charge is 0.295 e. The zero-order chi connectivity index (χ0) is 9.84. The summed E-state index contributed by atoms with van der Waals surface area (Å²) in [4.78, 5) is 24.2. The normalized spacial score (nSPS) is 9.69. The van der Waals surface area contributed by atoms with Crippen LogP contribution in [0.25, 0.3) is 0 Å². The van der Waals surface area contributed by atoms with E-state index in [1.165, 1.54) is 0 Å². The lowest BCUT2D eigenvalue weighted by atomic mass is 10.6. The Balaban J connectivity index is 3.27. The van der Waals surface area contributed by atoms with Gasteiger partial charge in [-0.3, -0.25) is 14.2 Å². The molecular formula is C6H6FN3O3. The quantitative estimate of drug-likeness (QED) is 0.588. The molecule has 7 heteroatoms. The third-order valence-corrected chi connectivity index (χ3v) is 1.29. The Morgan fingerprint density at radius 1 is 1.77 bits per heavy atom. The third kappa shape index (κ3) is 1.88. The highest BCUT2D eigenvalue weighted by Gasteiger charge is 2.06. The number of hydrogen-bond acceptors (Lipinski definition) is 4. The van der Waals surface area contributed by atoms with Gasteiger partial charge in [0.25, 0.3) is 5.56 Å². The molecule has 13 heavy (non-hydrogen) atoms. The van der Waals surface area contributed by atoms with Crippen LogP contribution in [0.1, 0.15) is 0 Å². The Morgan fingerprint density at radius 2 is 2.46 bits per heavy atom. The van der Waals surface area contributed by atoms with Crippen molar-refractivity contribution in [1.29, 1.82) is 0 Å². The van der Waals surface area contributed by atoms with E-state index in [1.54, 1.807) is 0 Å². The lowest BCUT2D eigenvalue weighted by Crippen LogP contribution is -2.25. The molecule has 0 saturated carbocycles. The first-order chi connectivity index (χ1) is 6.19. The minimum Gasteiger partial charge on any atom is -0.376 e. The van der Waals surface area contributed by atoms with Gasteiger partial charge in [0, 0.05) is 0 Å². The Labute approximate surface area is 71.6 Å². The van der Waals surface area contributed by atoms with Gasteiger partial charge in [-0.1, -0.05) is 0 Å². The summed E-state index contributed by atoms with van der Waals surface area (Å²) < 4.78 is 13.3. The molecule has 0 aliphatic carbocycles. The van der Waals surface area contributed by atoms with E-state index in [2.05, 4.69) is 4.98 Å². The summed E-state index contributed by atoms with van der Waals surface area (Å²) in [6.07, 6.45) is 0.934. The fourth-order valence-electron chi connectivity index (χ4n) is 0.762. The molecule has 1 aromatic rings. The predicted octanol–water partition coefficient (Wildman–Crippen LogP) is -1.10. The van der Waals surface area contributed by atoms with Crippen molar-refractivity contribution in [1.82, 2.24) is 9.55 Å². The number of amides is 1. The highest BCUT2D eigenvalue weighted by Crippen LogP contribution is 1.95. The van der Waals surface area contributed by atoms with Crippen molar-refractivity contribution >= 4 is 12.2 Å². The van der Waals surface area contributed by atoms with Gasteiger partial charge in [0.15, 0.2) is 0 Å². The van der Waals surface area contributed by atoms with E-state index in [0.717, 1.165) is 6.20 Å². The number of anilines is 1. The summed E-state index contributed by atoms with van der Waals surface area (Å²) in [6, 6.07) is 0. The molecule has 0 radical (unpaired) electrons. The number of carbonyl (C=O) groups is 1. The van der Waals surface area contributed by atoms with Gasteiger partial charge >= 0.3 is 0 Å². The first-order valence-corrected chi connectivity index (χ1v) is 3.27. The second kappa shape index (κ2) is 3.76. The minimum atomic E-state index is -0.960. The maximum atomic E-state index is 12.6. The molecule has 0 bridgehead atoms. The first kappa shape index (κ1) is 9.33. The first-order valence-electron chi connectivity index (χ1n) is 3.27. The van der Waals surface area contributed by atoms with E-state index in [9.17, 15) is 14.0 Å². The Morgan fingerprint density at radius 3 is 3.00 bits per heavy atom. The van der Waals surface area contributed by atoms with Gasteiger partial charge in [-0.25, -0.2) is 0 Å². The summed E-state index contributed by atoms with van der Waals surface area (Å²) in [5.41, 5.74) is -0.768. The topological polar surface area (TPSA) is 84.2 Å². The van der Waals surface area contributed by atoms with Crippen molar-refractivity contribution in [2.75, 3.05) is 5.32 Å². The maximum absolute atomic E-state index is 12.6. The predicted molar refractivity (Wildman–Crippen MR) is 40.4 cm³/mol. The fourth-order valence-corrected chi connectivity index (χ4v) is 0.762. The number of aliphatic hydroxyl groups excluding tert-OH is 1. The molecule has 0 aromatic carbocycles. The van der Waals surface area contributed by atoms with Crippen LogP contribution >= 0.6 is 0 Å². The zero-order valence-corrected chi connectivity index (χ0v) is 6.40. The molecule has 0 unspecified atom stereocenters. The minimum absolute atomic E-state index is 0.199. The van der Waals surface area contributed by atoms with E-state index in [1.807, 2.05) is 5.32 Å². The van der Waals surface area contributed by atoms with Crippen molar-refractivity contribution in [2.24, 2.45) is 0 Å².